The number of thiocarbonyl (C=S) groups is 1. The zero-order valence-corrected chi connectivity index (χ0v) is 14.2. The Morgan fingerprint density at radius 1 is 1.43 bits per heavy atom. The van der Waals surface area contributed by atoms with E-state index in [0.717, 1.165) is 23.6 Å². The lowest BCUT2D eigenvalue weighted by Gasteiger charge is -2.21. The number of hydrogen-bond acceptors (Lipinski definition) is 3. The minimum Gasteiger partial charge on any atom is -0.346 e. The van der Waals surface area contributed by atoms with Crippen molar-refractivity contribution in [3.8, 4) is 0 Å². The molecule has 2 aromatic rings. The molecule has 0 aliphatic rings. The molecule has 8 heteroatoms. The van der Waals surface area contributed by atoms with Gasteiger partial charge in [-0.2, -0.15) is 10.2 Å². The Balaban J connectivity index is 2.06. The molecule has 0 bridgehead atoms. The van der Waals surface area contributed by atoms with Crippen molar-refractivity contribution in [2.75, 3.05) is 12.4 Å². The molecule has 0 saturated heterocycles. The molecule has 1 N–H and O–H groups in total. The Bertz CT molecular complexity index is 647. The van der Waals surface area contributed by atoms with Crippen molar-refractivity contribution in [2.24, 2.45) is 7.05 Å². The fraction of sp³-hybridized carbons (Fsp3) is 0.462. The molecule has 21 heavy (non-hydrogen) atoms. The van der Waals surface area contributed by atoms with Crippen LogP contribution in [0.15, 0.2) is 12.4 Å². The summed E-state index contributed by atoms with van der Waals surface area (Å²) in [5, 5.41) is 12.9. The van der Waals surface area contributed by atoms with Gasteiger partial charge in [0.1, 0.15) is 0 Å². The molecule has 0 atom stereocenters. The quantitative estimate of drug-likeness (QED) is 0.875. The molecule has 2 aromatic heterocycles. The van der Waals surface area contributed by atoms with Crippen molar-refractivity contribution in [1.29, 1.82) is 0 Å². The Kier molecular flexibility index (Phi) is 4.84. The molecular formula is C13H19ClN6S. The highest BCUT2D eigenvalue weighted by Crippen LogP contribution is 2.18. The molecule has 2 rings (SSSR count). The molecule has 6 nitrogen and oxygen atoms in total. The summed E-state index contributed by atoms with van der Waals surface area (Å²) in [5.74, 6) is 0. The maximum absolute atomic E-state index is 6.17. The van der Waals surface area contributed by atoms with Crippen LogP contribution in [0.4, 0.5) is 5.69 Å². The smallest absolute Gasteiger partial charge is 0.173 e. The van der Waals surface area contributed by atoms with Crippen molar-refractivity contribution in [3.63, 3.8) is 0 Å². The average Bonchev–Trinajstić information content (AvgIpc) is 2.96. The first-order valence-corrected chi connectivity index (χ1v) is 7.43. The van der Waals surface area contributed by atoms with Crippen molar-refractivity contribution >= 4 is 34.6 Å². The lowest BCUT2D eigenvalue weighted by atomic mass is 10.4. The number of hydrogen-bond donors (Lipinski definition) is 1. The lowest BCUT2D eigenvalue weighted by Crippen LogP contribution is -2.31. The van der Waals surface area contributed by atoms with Crippen molar-refractivity contribution < 1.29 is 0 Å². The molecule has 0 aliphatic carbocycles. The van der Waals surface area contributed by atoms with Gasteiger partial charge in [0.05, 0.1) is 41.0 Å². The first-order chi connectivity index (χ1) is 9.93. The van der Waals surface area contributed by atoms with E-state index in [9.17, 15) is 0 Å². The Morgan fingerprint density at radius 3 is 2.71 bits per heavy atom. The van der Waals surface area contributed by atoms with E-state index in [2.05, 4.69) is 15.5 Å². The SMILES string of the molecule is CCn1ncc(Cl)c1CN(C)C(=S)Nc1cnn(C)c1C. The van der Waals surface area contributed by atoms with E-state index < -0.39 is 0 Å². The summed E-state index contributed by atoms with van der Waals surface area (Å²) in [5.41, 5.74) is 2.89. The minimum absolute atomic E-state index is 0.595. The maximum atomic E-state index is 6.17. The predicted octanol–water partition coefficient (Wildman–Crippen LogP) is 2.43. The van der Waals surface area contributed by atoms with Gasteiger partial charge in [-0.25, -0.2) is 0 Å². The second-order valence-corrected chi connectivity index (χ2v) is 5.60. The summed E-state index contributed by atoms with van der Waals surface area (Å²) in [7, 11) is 3.82. The van der Waals surface area contributed by atoms with Gasteiger partial charge in [0, 0.05) is 20.6 Å². The van der Waals surface area contributed by atoms with E-state index in [0.29, 0.717) is 16.7 Å². The Morgan fingerprint density at radius 2 is 2.14 bits per heavy atom. The van der Waals surface area contributed by atoms with Gasteiger partial charge in [-0.15, -0.1) is 0 Å². The van der Waals surface area contributed by atoms with Crippen molar-refractivity contribution in [2.45, 2.75) is 26.9 Å². The van der Waals surface area contributed by atoms with Gasteiger partial charge >= 0.3 is 0 Å². The van der Waals surface area contributed by atoms with Gasteiger partial charge in [-0.1, -0.05) is 11.6 Å². The molecule has 0 fully saturated rings. The Hall–Kier alpha value is -1.60. The highest BCUT2D eigenvalue weighted by atomic mass is 35.5. The average molecular weight is 327 g/mol. The molecule has 0 aliphatic heterocycles. The third-order valence-corrected chi connectivity index (χ3v) is 4.14. The number of aryl methyl sites for hydroxylation is 2. The topological polar surface area (TPSA) is 50.9 Å². The van der Waals surface area contributed by atoms with Crippen LogP contribution in [-0.2, 0) is 20.1 Å². The Labute approximate surface area is 134 Å². The van der Waals surface area contributed by atoms with Gasteiger partial charge in [-0.3, -0.25) is 9.36 Å². The number of nitrogens with one attached hydrogen (secondary N) is 1. The van der Waals surface area contributed by atoms with Gasteiger partial charge in [0.15, 0.2) is 5.11 Å². The number of aromatic nitrogens is 4. The third kappa shape index (κ3) is 3.36. The first kappa shape index (κ1) is 15.8. The molecular weight excluding hydrogens is 308 g/mol. The van der Waals surface area contributed by atoms with Crippen LogP contribution in [0.1, 0.15) is 18.3 Å². The van der Waals surface area contributed by atoms with E-state index in [-0.39, 0.29) is 0 Å². The molecule has 0 amide bonds. The number of rotatable bonds is 4. The molecule has 0 aromatic carbocycles. The van der Waals surface area contributed by atoms with Crippen LogP contribution in [0.5, 0.6) is 0 Å². The third-order valence-electron chi connectivity index (χ3n) is 3.41. The summed E-state index contributed by atoms with van der Waals surface area (Å²) >= 11 is 11.6. The number of nitrogens with zero attached hydrogens (tertiary/aromatic N) is 5. The van der Waals surface area contributed by atoms with Gasteiger partial charge in [-0.05, 0) is 26.1 Å². The van der Waals surface area contributed by atoms with Crippen LogP contribution >= 0.6 is 23.8 Å². The zero-order valence-electron chi connectivity index (χ0n) is 12.6. The first-order valence-electron chi connectivity index (χ1n) is 6.65. The van der Waals surface area contributed by atoms with Crippen LogP contribution in [0.2, 0.25) is 5.02 Å². The molecule has 2 heterocycles. The highest BCUT2D eigenvalue weighted by molar-refractivity contribution is 7.80. The molecule has 0 saturated carbocycles. The lowest BCUT2D eigenvalue weighted by molar-refractivity contribution is 0.471. The largest absolute Gasteiger partial charge is 0.346 e. The van der Waals surface area contributed by atoms with E-state index in [4.69, 9.17) is 23.8 Å². The van der Waals surface area contributed by atoms with E-state index in [1.54, 1.807) is 17.1 Å². The normalized spacial score (nSPS) is 10.7. The van der Waals surface area contributed by atoms with Gasteiger partial charge in [0.25, 0.3) is 0 Å². The summed E-state index contributed by atoms with van der Waals surface area (Å²) in [6.07, 6.45) is 3.43. The molecule has 0 unspecified atom stereocenters. The number of halogens is 1. The fourth-order valence-electron chi connectivity index (χ4n) is 1.95. The zero-order chi connectivity index (χ0) is 15.6. The predicted molar refractivity (Wildman–Crippen MR) is 88.5 cm³/mol. The summed E-state index contributed by atoms with van der Waals surface area (Å²) < 4.78 is 3.67. The van der Waals surface area contributed by atoms with E-state index in [1.807, 2.05) is 37.5 Å². The van der Waals surface area contributed by atoms with E-state index >= 15 is 0 Å². The van der Waals surface area contributed by atoms with Crippen LogP contribution in [0, 0.1) is 6.92 Å². The summed E-state index contributed by atoms with van der Waals surface area (Å²) in [6, 6.07) is 0. The summed E-state index contributed by atoms with van der Waals surface area (Å²) in [6.45, 7) is 5.39. The van der Waals surface area contributed by atoms with Gasteiger partial charge < -0.3 is 10.2 Å². The van der Waals surface area contributed by atoms with Gasteiger partial charge in [0.2, 0.25) is 0 Å². The van der Waals surface area contributed by atoms with Crippen LogP contribution in [0.3, 0.4) is 0 Å². The minimum atomic E-state index is 0.595. The van der Waals surface area contributed by atoms with Crippen LogP contribution in [0.25, 0.3) is 0 Å². The second-order valence-electron chi connectivity index (χ2n) is 4.81. The number of anilines is 1. The van der Waals surface area contributed by atoms with E-state index in [1.165, 1.54) is 0 Å². The highest BCUT2D eigenvalue weighted by Gasteiger charge is 2.14. The molecule has 0 spiro atoms. The second kappa shape index (κ2) is 6.44. The molecule has 114 valence electrons. The van der Waals surface area contributed by atoms with Crippen molar-refractivity contribution in [1.82, 2.24) is 24.5 Å². The van der Waals surface area contributed by atoms with Crippen LogP contribution < -0.4 is 5.32 Å². The standard InChI is InChI=1S/C13H19ClN6S/c1-5-20-12(10(14)6-16-20)8-18(3)13(21)17-11-7-15-19(4)9(11)2/h6-7H,5,8H2,1-4H3,(H,17,21). The summed E-state index contributed by atoms with van der Waals surface area (Å²) in [4.78, 5) is 1.93. The van der Waals surface area contributed by atoms with Crippen LogP contribution in [-0.4, -0.2) is 36.6 Å². The molecule has 0 radical (unpaired) electrons. The fourth-order valence-corrected chi connectivity index (χ4v) is 2.32. The van der Waals surface area contributed by atoms with Crippen molar-refractivity contribution in [3.05, 3.63) is 28.8 Å². The maximum Gasteiger partial charge on any atom is 0.173 e. The monoisotopic (exact) mass is 326 g/mol.